The zero-order valence-electron chi connectivity index (χ0n) is 14.3. The van der Waals surface area contributed by atoms with Crippen LogP contribution in [0.25, 0.3) is 10.2 Å². The van der Waals surface area contributed by atoms with Crippen LogP contribution in [0.4, 0.5) is 14.9 Å². The molecule has 3 aromatic rings. The molecule has 3 amide bonds. The number of benzene rings is 1. The van der Waals surface area contributed by atoms with Crippen LogP contribution in [-0.4, -0.2) is 34.9 Å². The van der Waals surface area contributed by atoms with Crippen LogP contribution in [0.1, 0.15) is 12.8 Å². The van der Waals surface area contributed by atoms with Gasteiger partial charge in [0.1, 0.15) is 0 Å². The van der Waals surface area contributed by atoms with Crippen LogP contribution in [0.5, 0.6) is 0 Å². The van der Waals surface area contributed by atoms with E-state index in [2.05, 4.69) is 15.6 Å². The van der Waals surface area contributed by atoms with E-state index in [4.69, 9.17) is 11.6 Å². The summed E-state index contributed by atoms with van der Waals surface area (Å²) in [6.45, 7) is 1.12. The van der Waals surface area contributed by atoms with E-state index in [0.29, 0.717) is 36.1 Å². The van der Waals surface area contributed by atoms with Gasteiger partial charge in [0.05, 0.1) is 15.2 Å². The molecule has 0 aliphatic carbocycles. The molecule has 0 atom stereocenters. The number of aromatic nitrogens is 1. The van der Waals surface area contributed by atoms with Crippen LogP contribution >= 0.6 is 34.3 Å². The number of rotatable bonds is 3. The van der Waals surface area contributed by atoms with Crippen molar-refractivity contribution in [1.29, 1.82) is 0 Å². The van der Waals surface area contributed by atoms with Crippen molar-refractivity contribution in [3.63, 3.8) is 0 Å². The lowest BCUT2D eigenvalue weighted by atomic mass is 9.96. The number of thiazole rings is 1. The van der Waals surface area contributed by atoms with Gasteiger partial charge in [0.2, 0.25) is 5.91 Å². The van der Waals surface area contributed by atoms with E-state index < -0.39 is 0 Å². The first-order chi connectivity index (χ1) is 13.1. The second-order valence-corrected chi connectivity index (χ2v) is 8.70. The van der Waals surface area contributed by atoms with Crippen LogP contribution in [0.15, 0.2) is 35.7 Å². The molecular formula is C18H17ClN4O2S2. The minimum Gasteiger partial charge on any atom is -0.324 e. The molecular weight excluding hydrogens is 404 g/mol. The fourth-order valence-corrected chi connectivity index (χ4v) is 4.79. The molecule has 0 unspecified atom stereocenters. The van der Waals surface area contributed by atoms with E-state index in [1.807, 2.05) is 29.6 Å². The lowest BCUT2D eigenvalue weighted by molar-refractivity contribution is -0.121. The number of nitrogens with one attached hydrogen (secondary N) is 2. The highest BCUT2D eigenvalue weighted by Crippen LogP contribution is 2.29. The quantitative estimate of drug-likeness (QED) is 0.633. The second-order valence-electron chi connectivity index (χ2n) is 6.29. The summed E-state index contributed by atoms with van der Waals surface area (Å²) >= 11 is 8.89. The molecule has 2 aromatic heterocycles. The normalized spacial score (nSPS) is 15.1. The molecule has 1 aliphatic heterocycles. The van der Waals surface area contributed by atoms with Crippen molar-refractivity contribution in [2.24, 2.45) is 5.92 Å². The molecule has 1 aromatic carbocycles. The number of nitrogens with zero attached hydrogens (tertiary/aromatic N) is 2. The minimum atomic E-state index is -0.119. The van der Waals surface area contributed by atoms with Gasteiger partial charge in [0.25, 0.3) is 0 Å². The Morgan fingerprint density at radius 3 is 2.74 bits per heavy atom. The van der Waals surface area contributed by atoms with E-state index in [-0.39, 0.29) is 17.9 Å². The smallest absolute Gasteiger partial charge is 0.322 e. The van der Waals surface area contributed by atoms with Crippen molar-refractivity contribution in [1.82, 2.24) is 9.88 Å². The lowest BCUT2D eigenvalue weighted by Gasteiger charge is -2.31. The molecule has 27 heavy (non-hydrogen) atoms. The van der Waals surface area contributed by atoms with Gasteiger partial charge in [-0.2, -0.15) is 0 Å². The Morgan fingerprint density at radius 2 is 2.00 bits per heavy atom. The van der Waals surface area contributed by atoms with Gasteiger partial charge < -0.3 is 10.2 Å². The second kappa shape index (κ2) is 7.84. The third kappa shape index (κ3) is 4.23. The van der Waals surface area contributed by atoms with Gasteiger partial charge in [-0.3, -0.25) is 10.1 Å². The SMILES string of the molecule is O=C(Nc1nc2ccc(Cl)cc2s1)C1CCN(C(=O)Nc2cccs2)CC1. The van der Waals surface area contributed by atoms with Crippen LogP contribution in [0, 0.1) is 5.92 Å². The van der Waals surface area contributed by atoms with Crippen LogP contribution in [0.2, 0.25) is 5.02 Å². The molecule has 0 radical (unpaired) electrons. The number of halogens is 1. The van der Waals surface area contributed by atoms with Gasteiger partial charge in [-0.15, -0.1) is 11.3 Å². The molecule has 3 heterocycles. The maximum absolute atomic E-state index is 12.6. The third-order valence-corrected chi connectivity index (χ3v) is 6.44. The Labute approximate surface area is 169 Å². The number of amides is 3. The Hall–Kier alpha value is -2.16. The summed E-state index contributed by atoms with van der Waals surface area (Å²) in [6, 6.07) is 9.12. The van der Waals surface area contributed by atoms with E-state index in [0.717, 1.165) is 15.2 Å². The molecule has 0 bridgehead atoms. The first-order valence-electron chi connectivity index (χ1n) is 8.55. The topological polar surface area (TPSA) is 74.3 Å². The number of thiophene rings is 1. The Kier molecular flexibility index (Phi) is 5.29. The van der Waals surface area contributed by atoms with Crippen LogP contribution in [-0.2, 0) is 4.79 Å². The zero-order chi connectivity index (χ0) is 18.8. The van der Waals surface area contributed by atoms with Gasteiger partial charge in [-0.1, -0.05) is 22.9 Å². The molecule has 1 aliphatic rings. The molecule has 0 saturated carbocycles. The predicted octanol–water partition coefficient (Wildman–Crippen LogP) is 4.89. The standard InChI is InChI=1S/C18H17ClN4O2S2/c19-12-3-4-13-14(10-12)27-17(20-13)22-16(24)11-5-7-23(8-6-11)18(25)21-15-2-1-9-26-15/h1-4,9-11H,5-8H2,(H,21,25)(H,20,22,24). The number of likely N-dealkylation sites (tertiary alicyclic amines) is 1. The average molecular weight is 421 g/mol. The number of urea groups is 1. The largest absolute Gasteiger partial charge is 0.324 e. The number of piperidine rings is 1. The highest BCUT2D eigenvalue weighted by Gasteiger charge is 2.28. The molecule has 1 saturated heterocycles. The molecule has 9 heteroatoms. The molecule has 0 spiro atoms. The fourth-order valence-electron chi connectivity index (χ4n) is 3.04. The lowest BCUT2D eigenvalue weighted by Crippen LogP contribution is -2.43. The summed E-state index contributed by atoms with van der Waals surface area (Å²) in [6.07, 6.45) is 1.28. The van der Waals surface area contributed by atoms with E-state index >= 15 is 0 Å². The van der Waals surface area contributed by atoms with Crippen molar-refractivity contribution in [3.8, 4) is 0 Å². The maximum atomic E-state index is 12.6. The molecule has 2 N–H and O–H groups in total. The third-order valence-electron chi connectivity index (χ3n) is 4.48. The van der Waals surface area contributed by atoms with E-state index in [9.17, 15) is 9.59 Å². The average Bonchev–Trinajstić information content (AvgIpc) is 3.30. The Morgan fingerprint density at radius 1 is 1.19 bits per heavy atom. The minimum absolute atomic E-state index is 0.0431. The highest BCUT2D eigenvalue weighted by molar-refractivity contribution is 7.22. The summed E-state index contributed by atoms with van der Waals surface area (Å²) in [5.74, 6) is -0.162. The van der Waals surface area contributed by atoms with Gasteiger partial charge in [-0.25, -0.2) is 9.78 Å². The number of carbonyl (C=O) groups excluding carboxylic acids is 2. The summed E-state index contributed by atoms with van der Waals surface area (Å²) in [5, 5.41) is 9.77. The Bertz CT molecular complexity index is 965. The first kappa shape index (κ1) is 18.2. The van der Waals surface area contributed by atoms with Crippen molar-refractivity contribution < 1.29 is 9.59 Å². The van der Waals surface area contributed by atoms with Crippen molar-refractivity contribution in [3.05, 3.63) is 40.7 Å². The van der Waals surface area contributed by atoms with Crippen LogP contribution < -0.4 is 10.6 Å². The molecule has 4 rings (SSSR count). The zero-order valence-corrected chi connectivity index (χ0v) is 16.7. The van der Waals surface area contributed by atoms with Gasteiger partial charge in [0, 0.05) is 24.0 Å². The van der Waals surface area contributed by atoms with Crippen molar-refractivity contribution >= 4 is 66.6 Å². The Balaban J connectivity index is 1.32. The molecule has 6 nitrogen and oxygen atoms in total. The summed E-state index contributed by atoms with van der Waals surface area (Å²) in [7, 11) is 0. The summed E-state index contributed by atoms with van der Waals surface area (Å²) < 4.78 is 0.942. The van der Waals surface area contributed by atoms with E-state index in [1.165, 1.54) is 22.7 Å². The maximum Gasteiger partial charge on any atom is 0.322 e. The molecule has 140 valence electrons. The van der Waals surface area contributed by atoms with Gasteiger partial charge in [0.15, 0.2) is 5.13 Å². The number of fused-ring (bicyclic) bond motifs is 1. The number of anilines is 2. The fraction of sp³-hybridized carbons (Fsp3) is 0.278. The summed E-state index contributed by atoms with van der Waals surface area (Å²) in [5.41, 5.74) is 0.819. The number of hydrogen-bond acceptors (Lipinski definition) is 5. The van der Waals surface area contributed by atoms with Crippen molar-refractivity contribution in [2.75, 3.05) is 23.7 Å². The van der Waals surface area contributed by atoms with Gasteiger partial charge >= 0.3 is 6.03 Å². The van der Waals surface area contributed by atoms with Crippen molar-refractivity contribution in [2.45, 2.75) is 12.8 Å². The number of hydrogen-bond donors (Lipinski definition) is 2. The van der Waals surface area contributed by atoms with Crippen LogP contribution in [0.3, 0.4) is 0 Å². The monoisotopic (exact) mass is 420 g/mol. The first-order valence-corrected chi connectivity index (χ1v) is 10.6. The highest BCUT2D eigenvalue weighted by atomic mass is 35.5. The summed E-state index contributed by atoms with van der Waals surface area (Å²) in [4.78, 5) is 31.0. The van der Waals surface area contributed by atoms with E-state index in [1.54, 1.807) is 11.0 Å². The number of carbonyl (C=O) groups is 2. The predicted molar refractivity (Wildman–Crippen MR) is 111 cm³/mol. The molecule has 1 fully saturated rings. The van der Waals surface area contributed by atoms with Gasteiger partial charge in [-0.05, 0) is 48.6 Å².